The van der Waals surface area contributed by atoms with Crippen molar-refractivity contribution in [1.29, 1.82) is 0 Å². The van der Waals surface area contributed by atoms with Crippen LogP contribution in [0, 0.1) is 19.8 Å². The first-order valence-electron chi connectivity index (χ1n) is 6.63. The van der Waals surface area contributed by atoms with Crippen LogP contribution in [0.5, 0.6) is 5.75 Å². The van der Waals surface area contributed by atoms with Crippen LogP contribution in [-0.2, 0) is 9.53 Å². The summed E-state index contributed by atoms with van der Waals surface area (Å²) in [5, 5.41) is 10.6. The van der Waals surface area contributed by atoms with Crippen LogP contribution >= 0.6 is 0 Å². The molecule has 1 aromatic carbocycles. The summed E-state index contributed by atoms with van der Waals surface area (Å²) >= 11 is 0. The Morgan fingerprint density at radius 3 is 2.80 bits per heavy atom. The highest BCUT2D eigenvalue weighted by molar-refractivity contribution is 5.72. The number of carbonyl (C=O) groups is 1. The first-order valence-corrected chi connectivity index (χ1v) is 6.63. The van der Waals surface area contributed by atoms with Crippen LogP contribution in [0.1, 0.15) is 29.2 Å². The molecule has 0 aromatic heterocycles. The highest BCUT2D eigenvalue weighted by atomic mass is 16.6. The van der Waals surface area contributed by atoms with E-state index in [1.807, 2.05) is 26.0 Å². The van der Waals surface area contributed by atoms with Gasteiger partial charge in [0.25, 0.3) is 0 Å². The van der Waals surface area contributed by atoms with E-state index >= 15 is 0 Å². The van der Waals surface area contributed by atoms with Crippen molar-refractivity contribution in [2.75, 3.05) is 7.11 Å². The third kappa shape index (κ3) is 2.56. The van der Waals surface area contributed by atoms with Crippen molar-refractivity contribution in [3.05, 3.63) is 41.5 Å². The number of rotatable bonds is 4. The second kappa shape index (κ2) is 5.67. The molecule has 108 valence electrons. The zero-order valence-corrected chi connectivity index (χ0v) is 12.1. The molecule has 0 unspecified atom stereocenters. The van der Waals surface area contributed by atoms with Gasteiger partial charge in [-0.15, -0.1) is 6.58 Å². The highest BCUT2D eigenvalue weighted by Gasteiger charge is 2.39. The van der Waals surface area contributed by atoms with E-state index in [2.05, 4.69) is 6.58 Å². The number of benzene rings is 1. The molecule has 0 bridgehead atoms. The maximum atomic E-state index is 11.4. The number of ether oxygens (including phenoxy) is 2. The second-order valence-corrected chi connectivity index (χ2v) is 5.21. The number of cyclic esters (lactones) is 1. The van der Waals surface area contributed by atoms with Gasteiger partial charge in [0.05, 0.1) is 13.5 Å². The van der Waals surface area contributed by atoms with Crippen molar-refractivity contribution in [2.45, 2.75) is 32.5 Å². The Balaban J connectivity index is 2.40. The molecule has 1 fully saturated rings. The van der Waals surface area contributed by atoms with Gasteiger partial charge in [-0.3, -0.25) is 4.79 Å². The summed E-state index contributed by atoms with van der Waals surface area (Å²) in [7, 11) is 1.57. The van der Waals surface area contributed by atoms with Crippen LogP contribution in [0.3, 0.4) is 0 Å². The van der Waals surface area contributed by atoms with Gasteiger partial charge in [0.15, 0.2) is 0 Å². The van der Waals surface area contributed by atoms with E-state index in [-0.39, 0.29) is 18.3 Å². The van der Waals surface area contributed by atoms with Crippen molar-refractivity contribution in [1.82, 2.24) is 0 Å². The number of methoxy groups -OCH3 is 1. The Hall–Kier alpha value is -1.81. The molecule has 0 aliphatic carbocycles. The lowest BCUT2D eigenvalue weighted by Crippen LogP contribution is -2.24. The monoisotopic (exact) mass is 276 g/mol. The third-order valence-electron chi connectivity index (χ3n) is 3.68. The summed E-state index contributed by atoms with van der Waals surface area (Å²) in [5.74, 6) is 0.152. The Bertz CT molecular complexity index is 536. The van der Waals surface area contributed by atoms with E-state index < -0.39 is 12.2 Å². The number of aliphatic hydroxyl groups is 1. The lowest BCUT2D eigenvalue weighted by atomic mass is 9.91. The van der Waals surface area contributed by atoms with Crippen molar-refractivity contribution in [3.63, 3.8) is 0 Å². The molecular weight excluding hydrogens is 256 g/mol. The lowest BCUT2D eigenvalue weighted by molar-refractivity contribution is -0.145. The smallest absolute Gasteiger partial charge is 0.306 e. The number of carbonyl (C=O) groups excluding carboxylic acids is 1. The van der Waals surface area contributed by atoms with Gasteiger partial charge in [-0.25, -0.2) is 0 Å². The van der Waals surface area contributed by atoms with Gasteiger partial charge >= 0.3 is 5.97 Å². The minimum absolute atomic E-state index is 0.178. The largest absolute Gasteiger partial charge is 0.496 e. The Labute approximate surface area is 119 Å². The first-order chi connectivity index (χ1) is 9.47. The molecule has 4 heteroatoms. The molecule has 2 rings (SSSR count). The van der Waals surface area contributed by atoms with Gasteiger partial charge < -0.3 is 14.6 Å². The zero-order valence-electron chi connectivity index (χ0n) is 12.1. The maximum absolute atomic E-state index is 11.4. The van der Waals surface area contributed by atoms with Crippen LogP contribution in [-0.4, -0.2) is 24.3 Å². The summed E-state index contributed by atoms with van der Waals surface area (Å²) < 4.78 is 10.6. The summed E-state index contributed by atoms with van der Waals surface area (Å²) in [4.78, 5) is 11.4. The van der Waals surface area contributed by atoms with Crippen molar-refractivity contribution >= 4 is 5.97 Å². The minimum Gasteiger partial charge on any atom is -0.496 e. The van der Waals surface area contributed by atoms with Gasteiger partial charge in [0, 0.05) is 11.5 Å². The van der Waals surface area contributed by atoms with Gasteiger partial charge in [-0.2, -0.15) is 0 Å². The quantitative estimate of drug-likeness (QED) is 0.678. The van der Waals surface area contributed by atoms with Crippen LogP contribution in [0.15, 0.2) is 24.8 Å². The number of hydrogen-bond acceptors (Lipinski definition) is 4. The van der Waals surface area contributed by atoms with Crippen molar-refractivity contribution in [3.8, 4) is 5.75 Å². The molecule has 0 spiro atoms. The van der Waals surface area contributed by atoms with E-state index in [1.54, 1.807) is 13.2 Å². The molecule has 1 aromatic rings. The van der Waals surface area contributed by atoms with Crippen LogP contribution in [0.4, 0.5) is 0 Å². The molecule has 20 heavy (non-hydrogen) atoms. The van der Waals surface area contributed by atoms with E-state index in [1.165, 1.54) is 0 Å². The minimum atomic E-state index is -0.919. The van der Waals surface area contributed by atoms with Gasteiger partial charge in [-0.05, 0) is 25.5 Å². The van der Waals surface area contributed by atoms with Crippen molar-refractivity contribution < 1.29 is 19.4 Å². The van der Waals surface area contributed by atoms with E-state index in [0.717, 1.165) is 11.1 Å². The molecule has 0 amide bonds. The SMILES string of the molecule is C=C[C@@H]1CC(=O)O[C@@H]1[C@@H](O)c1cc(C)cc(C)c1OC. The lowest BCUT2D eigenvalue weighted by Gasteiger charge is -2.24. The fourth-order valence-electron chi connectivity index (χ4n) is 2.77. The van der Waals surface area contributed by atoms with E-state index in [9.17, 15) is 9.90 Å². The molecule has 1 saturated heterocycles. The Kier molecular flexibility index (Phi) is 4.14. The standard InChI is InChI=1S/C16H20O4/c1-5-11-8-13(17)20-16(11)14(18)12-7-9(2)6-10(3)15(12)19-4/h5-7,11,14,16,18H,1,8H2,2-4H3/t11-,14+,16+/m1/s1. The van der Waals surface area contributed by atoms with Crippen LogP contribution in [0.25, 0.3) is 0 Å². The summed E-state index contributed by atoms with van der Waals surface area (Å²) in [6.07, 6.45) is 0.403. The highest BCUT2D eigenvalue weighted by Crippen LogP contribution is 2.38. The Morgan fingerprint density at radius 2 is 2.20 bits per heavy atom. The molecule has 3 atom stereocenters. The molecule has 0 radical (unpaired) electrons. The predicted molar refractivity (Wildman–Crippen MR) is 75.6 cm³/mol. The van der Waals surface area contributed by atoms with Crippen LogP contribution in [0.2, 0.25) is 0 Å². The van der Waals surface area contributed by atoms with Gasteiger partial charge in [0.2, 0.25) is 0 Å². The number of aliphatic hydroxyl groups excluding tert-OH is 1. The summed E-state index contributed by atoms with van der Waals surface area (Å²) in [6, 6.07) is 3.85. The fraction of sp³-hybridized carbons (Fsp3) is 0.438. The van der Waals surface area contributed by atoms with E-state index in [4.69, 9.17) is 9.47 Å². The molecule has 1 aliphatic heterocycles. The number of hydrogen-bond donors (Lipinski definition) is 1. The maximum Gasteiger partial charge on any atom is 0.306 e. The topological polar surface area (TPSA) is 55.8 Å². The first kappa shape index (κ1) is 14.6. The molecule has 1 N–H and O–H groups in total. The van der Waals surface area contributed by atoms with E-state index in [0.29, 0.717) is 11.3 Å². The third-order valence-corrected chi connectivity index (χ3v) is 3.68. The molecule has 4 nitrogen and oxygen atoms in total. The van der Waals surface area contributed by atoms with Crippen molar-refractivity contribution in [2.24, 2.45) is 5.92 Å². The average Bonchev–Trinajstić information content (AvgIpc) is 2.78. The fourth-order valence-corrected chi connectivity index (χ4v) is 2.77. The summed E-state index contributed by atoms with van der Waals surface area (Å²) in [6.45, 7) is 7.58. The number of esters is 1. The van der Waals surface area contributed by atoms with Gasteiger partial charge in [-0.1, -0.05) is 17.7 Å². The van der Waals surface area contributed by atoms with Crippen LogP contribution < -0.4 is 4.74 Å². The average molecular weight is 276 g/mol. The molecular formula is C16H20O4. The Morgan fingerprint density at radius 1 is 1.50 bits per heavy atom. The van der Waals surface area contributed by atoms with Gasteiger partial charge in [0.1, 0.15) is 18.0 Å². The molecule has 1 heterocycles. The number of aryl methyl sites for hydroxylation is 2. The molecule has 0 saturated carbocycles. The normalized spacial score (nSPS) is 23.3. The molecule has 1 aliphatic rings. The second-order valence-electron chi connectivity index (χ2n) is 5.21. The zero-order chi connectivity index (χ0) is 14.9. The summed E-state index contributed by atoms with van der Waals surface area (Å²) in [5.41, 5.74) is 2.62. The predicted octanol–water partition coefficient (Wildman–Crippen LogP) is 2.46.